The van der Waals surface area contributed by atoms with Crippen LogP contribution in [0.4, 0.5) is 4.39 Å². The number of hydrogen-bond donors (Lipinski definition) is 1. The Hall–Kier alpha value is -1.88. The molecule has 4 nitrogen and oxygen atoms in total. The van der Waals surface area contributed by atoms with E-state index in [0.29, 0.717) is 24.3 Å². The number of ether oxygens (including phenoxy) is 2. The first-order valence-electron chi connectivity index (χ1n) is 5.89. The molecular weight excluding hydrogens is 251 g/mol. The van der Waals surface area contributed by atoms with Crippen molar-refractivity contribution in [3.8, 4) is 5.75 Å². The fourth-order valence-electron chi connectivity index (χ4n) is 1.48. The predicted molar refractivity (Wildman–Crippen MR) is 69.7 cm³/mol. The van der Waals surface area contributed by atoms with Crippen molar-refractivity contribution < 1.29 is 23.8 Å². The average Bonchev–Trinajstić information content (AvgIpc) is 2.36. The van der Waals surface area contributed by atoms with Gasteiger partial charge in [-0.15, -0.1) is 0 Å². The molecule has 1 N–H and O–H groups in total. The minimum Gasteiger partial charge on any atom is -0.490 e. The average molecular weight is 268 g/mol. The quantitative estimate of drug-likeness (QED) is 0.772. The van der Waals surface area contributed by atoms with Crippen molar-refractivity contribution in [1.29, 1.82) is 0 Å². The van der Waals surface area contributed by atoms with Crippen molar-refractivity contribution in [3.05, 3.63) is 35.7 Å². The number of halogens is 1. The summed E-state index contributed by atoms with van der Waals surface area (Å²) in [5, 5.41) is 8.60. The SMILES string of the molecule is COCCC(C)Oc1ccc(F)cc1/C=C/C(=O)O. The number of hydrogen-bond acceptors (Lipinski definition) is 3. The minimum absolute atomic E-state index is 0.109. The Morgan fingerprint density at radius 2 is 2.26 bits per heavy atom. The van der Waals surface area contributed by atoms with E-state index in [1.807, 2.05) is 6.92 Å². The third-order valence-electron chi connectivity index (χ3n) is 2.43. The van der Waals surface area contributed by atoms with Gasteiger partial charge >= 0.3 is 5.97 Å². The Morgan fingerprint density at radius 1 is 1.53 bits per heavy atom. The smallest absolute Gasteiger partial charge is 0.328 e. The van der Waals surface area contributed by atoms with Gasteiger partial charge in [0.1, 0.15) is 11.6 Å². The summed E-state index contributed by atoms with van der Waals surface area (Å²) >= 11 is 0. The van der Waals surface area contributed by atoms with Crippen molar-refractivity contribution >= 4 is 12.0 Å². The van der Waals surface area contributed by atoms with Gasteiger partial charge in [0.15, 0.2) is 0 Å². The summed E-state index contributed by atoms with van der Waals surface area (Å²) < 4.78 is 23.7. The van der Waals surface area contributed by atoms with Crippen LogP contribution in [-0.2, 0) is 9.53 Å². The van der Waals surface area contributed by atoms with Crippen LogP contribution in [0.5, 0.6) is 5.75 Å². The van der Waals surface area contributed by atoms with Crippen LogP contribution >= 0.6 is 0 Å². The maximum absolute atomic E-state index is 13.2. The maximum atomic E-state index is 13.2. The van der Waals surface area contributed by atoms with Crippen LogP contribution in [-0.4, -0.2) is 30.9 Å². The van der Waals surface area contributed by atoms with Crippen LogP contribution in [0.2, 0.25) is 0 Å². The predicted octanol–water partition coefficient (Wildman–Crippen LogP) is 2.73. The van der Waals surface area contributed by atoms with Crippen LogP contribution in [0.15, 0.2) is 24.3 Å². The van der Waals surface area contributed by atoms with Gasteiger partial charge in [0.25, 0.3) is 0 Å². The lowest BCUT2D eigenvalue weighted by Crippen LogP contribution is -2.14. The monoisotopic (exact) mass is 268 g/mol. The molecule has 5 heteroatoms. The van der Waals surface area contributed by atoms with E-state index in [-0.39, 0.29) is 6.10 Å². The van der Waals surface area contributed by atoms with Gasteiger partial charge in [-0.2, -0.15) is 0 Å². The van der Waals surface area contributed by atoms with Crippen LogP contribution in [0.1, 0.15) is 18.9 Å². The number of carboxylic acids is 1. The molecule has 0 saturated heterocycles. The topological polar surface area (TPSA) is 55.8 Å². The molecule has 0 aromatic heterocycles. The number of methoxy groups -OCH3 is 1. The van der Waals surface area contributed by atoms with Gasteiger partial charge in [-0.1, -0.05) is 0 Å². The van der Waals surface area contributed by atoms with Crippen LogP contribution in [0.25, 0.3) is 6.08 Å². The van der Waals surface area contributed by atoms with Crippen molar-refractivity contribution in [2.45, 2.75) is 19.4 Å². The second-order valence-electron chi connectivity index (χ2n) is 4.06. The number of carboxylic acid groups (broad SMARTS) is 1. The molecule has 0 radical (unpaired) electrons. The number of aliphatic carboxylic acids is 1. The molecule has 0 aliphatic carbocycles. The van der Waals surface area contributed by atoms with E-state index in [0.717, 1.165) is 6.08 Å². The first-order chi connectivity index (χ1) is 9.02. The van der Waals surface area contributed by atoms with E-state index >= 15 is 0 Å². The molecule has 0 aliphatic heterocycles. The first-order valence-corrected chi connectivity index (χ1v) is 5.89. The molecule has 0 saturated carbocycles. The third-order valence-corrected chi connectivity index (χ3v) is 2.43. The van der Waals surface area contributed by atoms with E-state index in [4.69, 9.17) is 14.6 Å². The lowest BCUT2D eigenvalue weighted by Gasteiger charge is -2.16. The highest BCUT2D eigenvalue weighted by molar-refractivity contribution is 5.85. The molecule has 1 rings (SSSR count). The first kappa shape index (κ1) is 15.2. The van der Waals surface area contributed by atoms with E-state index in [9.17, 15) is 9.18 Å². The zero-order valence-electron chi connectivity index (χ0n) is 10.9. The van der Waals surface area contributed by atoms with Gasteiger partial charge in [0.05, 0.1) is 6.10 Å². The fourth-order valence-corrected chi connectivity index (χ4v) is 1.48. The highest BCUT2D eigenvalue weighted by Crippen LogP contribution is 2.23. The molecule has 1 aromatic rings. The summed E-state index contributed by atoms with van der Waals surface area (Å²) in [6, 6.07) is 3.99. The highest BCUT2D eigenvalue weighted by Gasteiger charge is 2.08. The fraction of sp³-hybridized carbons (Fsp3) is 0.357. The molecule has 0 bridgehead atoms. The Labute approximate surface area is 111 Å². The van der Waals surface area contributed by atoms with E-state index in [2.05, 4.69) is 0 Å². The number of carbonyl (C=O) groups is 1. The summed E-state index contributed by atoms with van der Waals surface area (Å²) in [6.07, 6.45) is 2.84. The van der Waals surface area contributed by atoms with Crippen LogP contribution < -0.4 is 4.74 Å². The van der Waals surface area contributed by atoms with Crippen molar-refractivity contribution in [2.75, 3.05) is 13.7 Å². The second-order valence-corrected chi connectivity index (χ2v) is 4.06. The van der Waals surface area contributed by atoms with E-state index < -0.39 is 11.8 Å². The molecule has 0 heterocycles. The van der Waals surface area contributed by atoms with Crippen molar-refractivity contribution in [1.82, 2.24) is 0 Å². The van der Waals surface area contributed by atoms with E-state index in [1.165, 1.54) is 24.3 Å². The molecule has 104 valence electrons. The van der Waals surface area contributed by atoms with Crippen molar-refractivity contribution in [2.24, 2.45) is 0 Å². The molecule has 0 aliphatic rings. The van der Waals surface area contributed by atoms with Crippen LogP contribution in [0, 0.1) is 5.82 Å². The maximum Gasteiger partial charge on any atom is 0.328 e. The summed E-state index contributed by atoms with van der Waals surface area (Å²) in [6.45, 7) is 2.43. The molecule has 0 spiro atoms. The summed E-state index contributed by atoms with van der Waals surface area (Å²) in [5.74, 6) is -1.09. The Kier molecular flexibility index (Phi) is 6.02. The molecule has 1 aromatic carbocycles. The Balaban J connectivity index is 2.84. The largest absolute Gasteiger partial charge is 0.490 e. The molecule has 0 fully saturated rings. The zero-order chi connectivity index (χ0) is 14.3. The standard InChI is InChI=1S/C14H17FO4/c1-10(7-8-18-2)19-13-5-4-12(15)9-11(13)3-6-14(16)17/h3-6,9-10H,7-8H2,1-2H3,(H,16,17)/b6-3+. The highest BCUT2D eigenvalue weighted by atomic mass is 19.1. The van der Waals surface area contributed by atoms with Gasteiger partial charge in [-0.25, -0.2) is 9.18 Å². The van der Waals surface area contributed by atoms with Gasteiger partial charge in [-0.3, -0.25) is 0 Å². The van der Waals surface area contributed by atoms with Gasteiger partial charge in [-0.05, 0) is 31.2 Å². The second kappa shape index (κ2) is 7.53. The number of rotatable bonds is 7. The number of benzene rings is 1. The molecule has 1 unspecified atom stereocenters. The van der Waals surface area contributed by atoms with Gasteiger partial charge < -0.3 is 14.6 Å². The third kappa shape index (κ3) is 5.52. The lowest BCUT2D eigenvalue weighted by molar-refractivity contribution is -0.131. The zero-order valence-corrected chi connectivity index (χ0v) is 10.9. The van der Waals surface area contributed by atoms with E-state index in [1.54, 1.807) is 7.11 Å². The summed E-state index contributed by atoms with van der Waals surface area (Å²) in [4.78, 5) is 10.5. The van der Waals surface area contributed by atoms with Crippen molar-refractivity contribution in [3.63, 3.8) is 0 Å². The summed E-state index contributed by atoms with van der Waals surface area (Å²) in [5.41, 5.74) is 0.395. The summed E-state index contributed by atoms with van der Waals surface area (Å²) in [7, 11) is 1.60. The van der Waals surface area contributed by atoms with Crippen LogP contribution in [0.3, 0.4) is 0 Å². The minimum atomic E-state index is -1.09. The Morgan fingerprint density at radius 3 is 2.89 bits per heavy atom. The van der Waals surface area contributed by atoms with Gasteiger partial charge in [0, 0.05) is 31.8 Å². The normalized spacial score (nSPS) is 12.6. The molecule has 0 amide bonds. The Bertz CT molecular complexity index is 457. The lowest BCUT2D eigenvalue weighted by atomic mass is 10.1. The molecule has 1 atom stereocenters. The molecule has 19 heavy (non-hydrogen) atoms. The van der Waals surface area contributed by atoms with Gasteiger partial charge in [0.2, 0.25) is 0 Å². The molecular formula is C14H17FO4.